The highest BCUT2D eigenvalue weighted by molar-refractivity contribution is 6.02. The monoisotopic (exact) mass is 334 g/mol. The lowest BCUT2D eigenvalue weighted by molar-refractivity contribution is -0.141. The lowest BCUT2D eigenvalue weighted by Gasteiger charge is -2.09. The van der Waals surface area contributed by atoms with E-state index in [4.69, 9.17) is 0 Å². The Balaban J connectivity index is 1.88. The largest absolute Gasteiger partial charge is 0.433 e. The fourth-order valence-corrected chi connectivity index (χ4v) is 2.27. The molecule has 3 heterocycles. The van der Waals surface area contributed by atoms with Crippen LogP contribution in [0.25, 0.3) is 5.65 Å². The topological polar surface area (TPSA) is 59.3 Å². The van der Waals surface area contributed by atoms with E-state index in [0.717, 1.165) is 29.2 Å². The van der Waals surface area contributed by atoms with Crippen molar-refractivity contribution in [2.45, 2.75) is 20.0 Å². The van der Waals surface area contributed by atoms with E-state index < -0.39 is 17.8 Å². The molecule has 1 N–H and O–H groups in total. The molecule has 0 aromatic carbocycles. The normalized spacial score (nSPS) is 11.7. The predicted molar refractivity (Wildman–Crippen MR) is 81.9 cm³/mol. The van der Waals surface area contributed by atoms with Crippen LogP contribution in [-0.4, -0.2) is 20.3 Å². The molecule has 0 unspecified atom stereocenters. The summed E-state index contributed by atoms with van der Waals surface area (Å²) in [6.07, 6.45) is -2.93. The van der Waals surface area contributed by atoms with Gasteiger partial charge in [0.15, 0.2) is 0 Å². The first-order valence-electron chi connectivity index (χ1n) is 7.06. The fourth-order valence-electron chi connectivity index (χ4n) is 2.27. The van der Waals surface area contributed by atoms with Crippen molar-refractivity contribution < 1.29 is 18.0 Å². The number of nitrogens with zero attached hydrogens (tertiary/aromatic N) is 3. The third kappa shape index (κ3) is 2.94. The lowest BCUT2D eigenvalue weighted by Crippen LogP contribution is -2.17. The molecule has 0 saturated carbocycles. The van der Waals surface area contributed by atoms with Gasteiger partial charge < -0.3 is 9.72 Å². The number of anilines is 1. The average Bonchev–Trinajstić information content (AvgIpc) is 2.81. The first kappa shape index (κ1) is 16.0. The van der Waals surface area contributed by atoms with Crippen LogP contribution in [-0.2, 0) is 6.18 Å². The Kier molecular flexibility index (Phi) is 3.75. The molecular formula is C16H13F3N4O. The first-order valence-corrected chi connectivity index (χ1v) is 7.06. The molecule has 0 radical (unpaired) electrons. The van der Waals surface area contributed by atoms with Crippen LogP contribution in [0.2, 0.25) is 0 Å². The number of hydrogen-bond donors (Lipinski definition) is 1. The predicted octanol–water partition coefficient (Wildman–Crippen LogP) is 3.62. The van der Waals surface area contributed by atoms with Crippen LogP contribution in [0.5, 0.6) is 0 Å². The molecule has 3 rings (SSSR count). The zero-order chi connectivity index (χ0) is 17.5. The van der Waals surface area contributed by atoms with Gasteiger partial charge in [-0.2, -0.15) is 13.2 Å². The van der Waals surface area contributed by atoms with E-state index in [2.05, 4.69) is 15.3 Å². The average molecular weight is 334 g/mol. The van der Waals surface area contributed by atoms with Crippen molar-refractivity contribution in [2.24, 2.45) is 0 Å². The molecule has 0 aliphatic rings. The second kappa shape index (κ2) is 5.63. The number of aryl methyl sites for hydroxylation is 2. The molecule has 24 heavy (non-hydrogen) atoms. The van der Waals surface area contributed by atoms with Crippen molar-refractivity contribution in [3.05, 3.63) is 59.3 Å². The second-order valence-electron chi connectivity index (χ2n) is 5.29. The Morgan fingerprint density at radius 2 is 1.88 bits per heavy atom. The van der Waals surface area contributed by atoms with Crippen molar-refractivity contribution in [2.75, 3.05) is 5.32 Å². The third-order valence-corrected chi connectivity index (χ3v) is 3.62. The highest BCUT2D eigenvalue weighted by atomic mass is 19.4. The lowest BCUT2D eigenvalue weighted by atomic mass is 10.2. The van der Waals surface area contributed by atoms with Gasteiger partial charge in [-0.25, -0.2) is 9.97 Å². The summed E-state index contributed by atoms with van der Waals surface area (Å²) in [6, 6.07) is 6.55. The highest BCUT2D eigenvalue weighted by Gasteiger charge is 2.32. The summed E-state index contributed by atoms with van der Waals surface area (Å²) in [7, 11) is 0. The number of hydrogen-bond acceptors (Lipinski definition) is 3. The van der Waals surface area contributed by atoms with Gasteiger partial charge in [-0.1, -0.05) is 6.07 Å². The van der Waals surface area contributed by atoms with E-state index in [1.807, 2.05) is 13.8 Å². The molecule has 124 valence electrons. The summed E-state index contributed by atoms with van der Waals surface area (Å²) >= 11 is 0. The van der Waals surface area contributed by atoms with Crippen LogP contribution < -0.4 is 5.32 Å². The SMILES string of the molecule is Cc1nc2ccc(NC(=O)c3cccc(C(F)(F)F)n3)cn2c1C. The maximum absolute atomic E-state index is 12.7. The van der Waals surface area contributed by atoms with E-state index in [0.29, 0.717) is 5.69 Å². The van der Waals surface area contributed by atoms with Gasteiger partial charge in [0.05, 0.1) is 11.4 Å². The zero-order valence-corrected chi connectivity index (χ0v) is 12.8. The summed E-state index contributed by atoms with van der Waals surface area (Å²) in [4.78, 5) is 19.9. The number of rotatable bonds is 2. The molecule has 0 atom stereocenters. The summed E-state index contributed by atoms with van der Waals surface area (Å²) in [6.45, 7) is 3.75. The molecule has 0 saturated heterocycles. The number of amides is 1. The molecule has 3 aromatic heterocycles. The summed E-state index contributed by atoms with van der Waals surface area (Å²) in [5, 5.41) is 2.55. The van der Waals surface area contributed by atoms with E-state index >= 15 is 0 Å². The minimum Gasteiger partial charge on any atom is -0.319 e. The van der Waals surface area contributed by atoms with Crippen LogP contribution in [0.3, 0.4) is 0 Å². The fraction of sp³-hybridized carbons (Fsp3) is 0.188. The number of nitrogens with one attached hydrogen (secondary N) is 1. The Morgan fingerprint density at radius 1 is 1.12 bits per heavy atom. The van der Waals surface area contributed by atoms with Crippen LogP contribution >= 0.6 is 0 Å². The number of pyridine rings is 2. The maximum atomic E-state index is 12.7. The summed E-state index contributed by atoms with van der Waals surface area (Å²) in [5.41, 5.74) is 1.53. The van der Waals surface area contributed by atoms with Crippen LogP contribution in [0.15, 0.2) is 36.5 Å². The van der Waals surface area contributed by atoms with Gasteiger partial charge in [0, 0.05) is 11.9 Å². The van der Waals surface area contributed by atoms with Gasteiger partial charge >= 0.3 is 6.18 Å². The maximum Gasteiger partial charge on any atom is 0.433 e. The standard InChI is InChI=1S/C16H13F3N4O/c1-9-10(2)23-8-11(6-7-14(23)20-9)21-15(24)12-4-3-5-13(22-12)16(17,18)19/h3-8H,1-2H3,(H,21,24). The third-order valence-electron chi connectivity index (χ3n) is 3.62. The molecule has 5 nitrogen and oxygen atoms in total. The van der Waals surface area contributed by atoms with E-state index in [9.17, 15) is 18.0 Å². The number of carbonyl (C=O) groups is 1. The van der Waals surface area contributed by atoms with Gasteiger partial charge in [-0.3, -0.25) is 4.79 Å². The van der Waals surface area contributed by atoms with Crippen LogP contribution in [0.4, 0.5) is 18.9 Å². The van der Waals surface area contributed by atoms with Crippen LogP contribution in [0, 0.1) is 13.8 Å². The van der Waals surface area contributed by atoms with Gasteiger partial charge in [0.2, 0.25) is 0 Å². The van der Waals surface area contributed by atoms with Crippen LogP contribution in [0.1, 0.15) is 27.6 Å². The number of halogens is 3. The Bertz CT molecular complexity index is 931. The van der Waals surface area contributed by atoms with E-state index in [1.54, 1.807) is 22.7 Å². The zero-order valence-electron chi connectivity index (χ0n) is 12.8. The molecule has 1 amide bonds. The van der Waals surface area contributed by atoms with Gasteiger partial charge in [-0.05, 0) is 38.1 Å². The molecule has 8 heteroatoms. The molecular weight excluding hydrogens is 321 g/mol. The molecule has 0 aliphatic heterocycles. The molecule has 0 aliphatic carbocycles. The van der Waals surface area contributed by atoms with Crippen molar-refractivity contribution in [3.63, 3.8) is 0 Å². The number of imidazole rings is 1. The number of alkyl halides is 3. The quantitative estimate of drug-likeness (QED) is 0.779. The number of aromatic nitrogens is 3. The van der Waals surface area contributed by atoms with Crippen molar-refractivity contribution >= 4 is 17.2 Å². The van der Waals surface area contributed by atoms with Gasteiger partial charge in [0.25, 0.3) is 5.91 Å². The number of fused-ring (bicyclic) bond motifs is 1. The molecule has 0 bridgehead atoms. The van der Waals surface area contributed by atoms with E-state index in [1.165, 1.54) is 6.07 Å². The number of carbonyl (C=O) groups excluding carboxylic acids is 1. The van der Waals surface area contributed by atoms with Gasteiger partial charge in [-0.15, -0.1) is 0 Å². The van der Waals surface area contributed by atoms with Crippen molar-refractivity contribution in [1.82, 2.24) is 14.4 Å². The Labute approximate surface area is 135 Å². The second-order valence-corrected chi connectivity index (χ2v) is 5.29. The Morgan fingerprint density at radius 3 is 2.58 bits per heavy atom. The minimum absolute atomic E-state index is 0.302. The highest BCUT2D eigenvalue weighted by Crippen LogP contribution is 2.27. The van der Waals surface area contributed by atoms with Crippen molar-refractivity contribution in [1.29, 1.82) is 0 Å². The van der Waals surface area contributed by atoms with Crippen molar-refractivity contribution in [3.8, 4) is 0 Å². The molecule has 0 spiro atoms. The molecule has 0 fully saturated rings. The Hall–Kier alpha value is -2.90. The molecule has 3 aromatic rings. The van der Waals surface area contributed by atoms with E-state index in [-0.39, 0.29) is 5.69 Å². The summed E-state index contributed by atoms with van der Waals surface area (Å²) < 4.78 is 39.8. The first-order chi connectivity index (χ1) is 11.3. The smallest absolute Gasteiger partial charge is 0.319 e. The van der Waals surface area contributed by atoms with Gasteiger partial charge in [0.1, 0.15) is 17.0 Å². The minimum atomic E-state index is -4.60. The summed E-state index contributed by atoms with van der Waals surface area (Å²) in [5.74, 6) is -0.713.